The molecule has 0 saturated carbocycles. The summed E-state index contributed by atoms with van der Waals surface area (Å²) in [6, 6.07) is 9.00. The summed E-state index contributed by atoms with van der Waals surface area (Å²) in [5, 5.41) is 10.8. The van der Waals surface area contributed by atoms with Crippen LogP contribution in [0.1, 0.15) is 11.4 Å². The van der Waals surface area contributed by atoms with Crippen LogP contribution < -0.4 is 5.32 Å². The number of carbonyl (C=O) groups excluding carboxylic acids is 1. The van der Waals surface area contributed by atoms with Gasteiger partial charge < -0.3 is 5.32 Å². The quantitative estimate of drug-likeness (QED) is 0.362. The van der Waals surface area contributed by atoms with Gasteiger partial charge in [-0.15, -0.1) is 5.10 Å². The molecule has 0 saturated heterocycles. The Morgan fingerprint density at radius 3 is 2.57 bits per heavy atom. The number of nitrogens with zero attached hydrogens (tertiary/aromatic N) is 2. The number of aromatic amines is 1. The Balaban J connectivity index is 1.54. The van der Waals surface area contributed by atoms with Crippen LogP contribution in [0.25, 0.3) is 12.2 Å². The lowest BCUT2D eigenvalue weighted by Crippen LogP contribution is -2.14. The zero-order valence-electron chi connectivity index (χ0n) is 14.0. The molecule has 0 fully saturated rings. The van der Waals surface area contributed by atoms with E-state index >= 15 is 0 Å². The SMILES string of the molecule is O=C(CSc1n[nH]c(/C=C/c2ccc(F)cc2)n1)Nc1cc(Cl)c(Cl)cc1Cl. The molecule has 0 radical (unpaired) electrons. The Bertz CT molecular complexity index is 1020. The Morgan fingerprint density at radius 1 is 1.11 bits per heavy atom. The maximum atomic E-state index is 12.9. The molecule has 5 nitrogen and oxygen atoms in total. The topological polar surface area (TPSA) is 70.7 Å². The van der Waals surface area contributed by atoms with Crippen molar-refractivity contribution in [2.45, 2.75) is 5.16 Å². The number of hydrogen-bond donors (Lipinski definition) is 2. The number of anilines is 1. The van der Waals surface area contributed by atoms with E-state index in [2.05, 4.69) is 20.5 Å². The first-order chi connectivity index (χ1) is 13.4. The largest absolute Gasteiger partial charge is 0.324 e. The van der Waals surface area contributed by atoms with Gasteiger partial charge in [-0.1, -0.05) is 64.8 Å². The van der Waals surface area contributed by atoms with E-state index in [1.54, 1.807) is 24.3 Å². The fraction of sp³-hybridized carbons (Fsp3) is 0.0556. The van der Waals surface area contributed by atoms with Crippen molar-refractivity contribution in [1.29, 1.82) is 0 Å². The van der Waals surface area contributed by atoms with Gasteiger partial charge in [0.05, 0.1) is 26.5 Å². The molecule has 0 bridgehead atoms. The Morgan fingerprint density at radius 2 is 1.82 bits per heavy atom. The van der Waals surface area contributed by atoms with Gasteiger partial charge in [0, 0.05) is 0 Å². The Hall–Kier alpha value is -2.06. The van der Waals surface area contributed by atoms with Crippen molar-refractivity contribution < 1.29 is 9.18 Å². The fourth-order valence-corrected chi connectivity index (χ4v) is 3.28. The minimum absolute atomic E-state index is 0.0789. The summed E-state index contributed by atoms with van der Waals surface area (Å²) < 4.78 is 12.9. The minimum atomic E-state index is -0.295. The van der Waals surface area contributed by atoms with Crippen molar-refractivity contribution >= 4 is 70.3 Å². The highest BCUT2D eigenvalue weighted by Crippen LogP contribution is 2.32. The standard InChI is InChI=1S/C18H12Cl3FN4OS/c19-12-7-14(21)15(8-13(12)20)23-17(27)9-28-18-24-16(25-26-18)6-3-10-1-4-11(22)5-2-10/h1-8H,9H2,(H,23,27)(H,24,25,26)/b6-3+. The fourth-order valence-electron chi connectivity index (χ4n) is 2.08. The van der Waals surface area contributed by atoms with Gasteiger partial charge >= 0.3 is 0 Å². The molecule has 10 heteroatoms. The highest BCUT2D eigenvalue weighted by atomic mass is 35.5. The number of H-pyrrole nitrogens is 1. The lowest BCUT2D eigenvalue weighted by atomic mass is 10.2. The number of rotatable bonds is 6. The highest BCUT2D eigenvalue weighted by Gasteiger charge is 2.11. The second-order valence-electron chi connectivity index (χ2n) is 5.47. The third-order valence-electron chi connectivity index (χ3n) is 3.40. The number of aromatic nitrogens is 3. The Labute approximate surface area is 179 Å². The van der Waals surface area contributed by atoms with Crippen molar-refractivity contribution in [2.75, 3.05) is 11.1 Å². The predicted octanol–water partition coefficient (Wildman–Crippen LogP) is 5.81. The summed E-state index contributed by atoms with van der Waals surface area (Å²) in [6.07, 6.45) is 3.48. The highest BCUT2D eigenvalue weighted by molar-refractivity contribution is 7.99. The van der Waals surface area contributed by atoms with Gasteiger partial charge in [-0.25, -0.2) is 9.37 Å². The second-order valence-corrected chi connectivity index (χ2v) is 7.64. The third kappa shape index (κ3) is 5.72. The molecule has 0 aliphatic carbocycles. The summed E-state index contributed by atoms with van der Waals surface area (Å²) in [7, 11) is 0. The number of nitrogens with one attached hydrogen (secondary N) is 2. The number of hydrogen-bond acceptors (Lipinski definition) is 4. The van der Waals surface area contributed by atoms with Crippen LogP contribution in [0.3, 0.4) is 0 Å². The van der Waals surface area contributed by atoms with Gasteiger partial charge in [0.2, 0.25) is 11.1 Å². The first kappa shape index (κ1) is 20.7. The van der Waals surface area contributed by atoms with Crippen LogP contribution in [0.5, 0.6) is 0 Å². The maximum Gasteiger partial charge on any atom is 0.234 e. The molecule has 1 aromatic heterocycles. The molecule has 0 spiro atoms. The van der Waals surface area contributed by atoms with Crippen molar-refractivity contribution in [3.8, 4) is 0 Å². The monoisotopic (exact) mass is 456 g/mol. The van der Waals surface area contributed by atoms with Crippen LogP contribution in [0.2, 0.25) is 15.1 Å². The summed E-state index contributed by atoms with van der Waals surface area (Å²) in [6.45, 7) is 0. The van der Waals surface area contributed by atoms with Gasteiger partial charge in [0.1, 0.15) is 11.6 Å². The molecule has 2 aromatic carbocycles. The van der Waals surface area contributed by atoms with E-state index < -0.39 is 0 Å². The molecule has 0 aliphatic heterocycles. The molecule has 2 N–H and O–H groups in total. The van der Waals surface area contributed by atoms with Crippen molar-refractivity contribution in [3.63, 3.8) is 0 Å². The number of thioether (sulfide) groups is 1. The number of amides is 1. The van der Waals surface area contributed by atoms with Crippen LogP contribution in [-0.2, 0) is 4.79 Å². The van der Waals surface area contributed by atoms with Crippen LogP contribution in [0, 0.1) is 5.82 Å². The minimum Gasteiger partial charge on any atom is -0.324 e. The van der Waals surface area contributed by atoms with Crippen LogP contribution in [-0.4, -0.2) is 26.8 Å². The van der Waals surface area contributed by atoms with E-state index in [1.807, 2.05) is 0 Å². The smallest absolute Gasteiger partial charge is 0.234 e. The first-order valence-corrected chi connectivity index (χ1v) is 9.96. The van der Waals surface area contributed by atoms with Gasteiger partial charge in [-0.2, -0.15) is 0 Å². The normalized spacial score (nSPS) is 11.1. The number of benzene rings is 2. The summed E-state index contributed by atoms with van der Waals surface area (Å²) in [4.78, 5) is 16.4. The maximum absolute atomic E-state index is 12.9. The lowest BCUT2D eigenvalue weighted by molar-refractivity contribution is -0.113. The average Bonchev–Trinajstić information content (AvgIpc) is 3.12. The zero-order valence-corrected chi connectivity index (χ0v) is 17.1. The molecule has 28 heavy (non-hydrogen) atoms. The Kier molecular flexibility index (Phi) is 6.96. The van der Waals surface area contributed by atoms with E-state index in [-0.39, 0.29) is 17.5 Å². The first-order valence-electron chi connectivity index (χ1n) is 7.84. The predicted molar refractivity (Wildman–Crippen MR) is 113 cm³/mol. The average molecular weight is 458 g/mol. The van der Waals surface area contributed by atoms with Crippen molar-refractivity contribution in [1.82, 2.24) is 15.2 Å². The van der Waals surface area contributed by atoms with Crippen LogP contribution >= 0.6 is 46.6 Å². The van der Waals surface area contributed by atoms with E-state index in [4.69, 9.17) is 34.8 Å². The summed E-state index contributed by atoms with van der Waals surface area (Å²) in [5.41, 5.74) is 1.20. The van der Waals surface area contributed by atoms with Crippen LogP contribution in [0.15, 0.2) is 41.6 Å². The van der Waals surface area contributed by atoms with Crippen LogP contribution in [0.4, 0.5) is 10.1 Å². The molecule has 3 aromatic rings. The molecule has 0 aliphatic rings. The van der Waals surface area contributed by atoms with Gasteiger partial charge in [-0.05, 0) is 35.9 Å². The van der Waals surface area contributed by atoms with E-state index in [1.165, 1.54) is 24.3 Å². The molecule has 1 amide bonds. The molecular formula is C18H12Cl3FN4OS. The number of carbonyl (C=O) groups is 1. The van der Waals surface area contributed by atoms with E-state index in [0.717, 1.165) is 17.3 Å². The molecule has 1 heterocycles. The van der Waals surface area contributed by atoms with Crippen molar-refractivity contribution in [2.24, 2.45) is 0 Å². The molecule has 3 rings (SSSR count). The molecular weight excluding hydrogens is 446 g/mol. The molecule has 0 unspecified atom stereocenters. The van der Waals surface area contributed by atoms with Gasteiger partial charge in [-0.3, -0.25) is 9.89 Å². The lowest BCUT2D eigenvalue weighted by Gasteiger charge is -2.08. The second kappa shape index (κ2) is 9.43. The molecule has 0 atom stereocenters. The molecule has 144 valence electrons. The number of halogens is 4. The zero-order chi connectivity index (χ0) is 20.1. The third-order valence-corrected chi connectivity index (χ3v) is 5.28. The summed E-state index contributed by atoms with van der Waals surface area (Å²) in [5.74, 6) is 0.00409. The summed E-state index contributed by atoms with van der Waals surface area (Å²) >= 11 is 19.0. The van der Waals surface area contributed by atoms with E-state index in [0.29, 0.717) is 31.7 Å². The van der Waals surface area contributed by atoms with Gasteiger partial charge in [0.25, 0.3) is 0 Å². The van der Waals surface area contributed by atoms with Gasteiger partial charge in [0.15, 0.2) is 0 Å². The van der Waals surface area contributed by atoms with Crippen molar-refractivity contribution in [3.05, 3.63) is 68.7 Å². The van der Waals surface area contributed by atoms with E-state index in [9.17, 15) is 9.18 Å².